The van der Waals surface area contributed by atoms with Crippen LogP contribution in [0.3, 0.4) is 0 Å². The second-order valence-corrected chi connectivity index (χ2v) is 5.08. The van der Waals surface area contributed by atoms with Gasteiger partial charge in [0.1, 0.15) is 11.6 Å². The van der Waals surface area contributed by atoms with Crippen molar-refractivity contribution in [2.75, 3.05) is 25.0 Å². The lowest BCUT2D eigenvalue weighted by Crippen LogP contribution is -2.16. The summed E-state index contributed by atoms with van der Waals surface area (Å²) in [6.45, 7) is 4.81. The molecule has 3 heterocycles. The molecule has 20 heavy (non-hydrogen) atoms. The van der Waals surface area contributed by atoms with Crippen LogP contribution in [0.15, 0.2) is 12.4 Å². The maximum atomic E-state index is 4.59. The molecule has 0 aromatic carbocycles. The number of nitrogens with one attached hydrogen (secondary N) is 3. The molecule has 0 atom stereocenters. The summed E-state index contributed by atoms with van der Waals surface area (Å²) in [5, 5.41) is 13.7. The van der Waals surface area contributed by atoms with Crippen molar-refractivity contribution in [2.24, 2.45) is 0 Å². The lowest BCUT2D eigenvalue weighted by molar-refractivity contribution is 0.708. The Morgan fingerprint density at radius 3 is 3.00 bits per heavy atom. The van der Waals surface area contributed by atoms with Gasteiger partial charge in [0.05, 0.1) is 11.9 Å². The summed E-state index contributed by atoms with van der Waals surface area (Å²) in [5.41, 5.74) is 3.66. The molecule has 0 spiro atoms. The number of aromatic amines is 1. The van der Waals surface area contributed by atoms with Gasteiger partial charge in [-0.25, -0.2) is 9.97 Å². The van der Waals surface area contributed by atoms with Crippen molar-refractivity contribution < 1.29 is 0 Å². The smallest absolute Gasteiger partial charge is 0.133 e. The molecule has 0 fully saturated rings. The van der Waals surface area contributed by atoms with Crippen LogP contribution in [0.5, 0.6) is 0 Å². The predicted octanol–water partition coefficient (Wildman–Crippen LogP) is 0.851. The van der Waals surface area contributed by atoms with Crippen LogP contribution in [0.2, 0.25) is 0 Å². The summed E-state index contributed by atoms with van der Waals surface area (Å²) in [6.07, 6.45) is 6.69. The monoisotopic (exact) mass is 272 g/mol. The number of anilines is 1. The van der Waals surface area contributed by atoms with E-state index in [1.165, 1.54) is 16.8 Å². The summed E-state index contributed by atoms with van der Waals surface area (Å²) in [7, 11) is 0. The molecule has 3 N–H and O–H groups in total. The fraction of sp³-hybridized carbons (Fsp3) is 0.500. The summed E-state index contributed by atoms with van der Waals surface area (Å²) in [5.74, 6) is 1.84. The number of aryl methyl sites for hydroxylation is 1. The van der Waals surface area contributed by atoms with Crippen molar-refractivity contribution in [1.29, 1.82) is 0 Å². The summed E-state index contributed by atoms with van der Waals surface area (Å²) >= 11 is 0. The van der Waals surface area contributed by atoms with Gasteiger partial charge in [-0.2, -0.15) is 5.10 Å². The van der Waals surface area contributed by atoms with E-state index in [0.29, 0.717) is 0 Å². The van der Waals surface area contributed by atoms with Crippen LogP contribution in [-0.2, 0) is 19.3 Å². The molecule has 1 aliphatic heterocycles. The van der Waals surface area contributed by atoms with Crippen LogP contribution < -0.4 is 10.6 Å². The minimum absolute atomic E-state index is 0.844. The van der Waals surface area contributed by atoms with E-state index in [1.807, 2.05) is 19.3 Å². The normalized spacial score (nSPS) is 14.7. The third kappa shape index (κ3) is 2.96. The van der Waals surface area contributed by atoms with Gasteiger partial charge in [0.2, 0.25) is 0 Å². The number of hydrogen-bond acceptors (Lipinski definition) is 5. The molecule has 106 valence electrons. The van der Waals surface area contributed by atoms with E-state index < -0.39 is 0 Å². The Bertz CT molecular complexity index is 563. The molecular weight excluding hydrogens is 252 g/mol. The van der Waals surface area contributed by atoms with E-state index in [2.05, 4.69) is 30.8 Å². The fourth-order valence-corrected chi connectivity index (χ4v) is 2.55. The first kappa shape index (κ1) is 13.1. The van der Waals surface area contributed by atoms with Gasteiger partial charge < -0.3 is 10.6 Å². The van der Waals surface area contributed by atoms with E-state index in [4.69, 9.17) is 0 Å². The molecule has 0 bridgehead atoms. The number of aromatic nitrogens is 4. The van der Waals surface area contributed by atoms with Gasteiger partial charge in [0.15, 0.2) is 0 Å². The van der Waals surface area contributed by atoms with Gasteiger partial charge in [-0.3, -0.25) is 5.10 Å². The Morgan fingerprint density at radius 2 is 2.15 bits per heavy atom. The van der Waals surface area contributed by atoms with E-state index in [1.54, 1.807) is 0 Å². The second-order valence-electron chi connectivity index (χ2n) is 5.08. The summed E-state index contributed by atoms with van der Waals surface area (Å²) in [6, 6.07) is 0. The molecule has 0 radical (unpaired) electrons. The highest BCUT2D eigenvalue weighted by atomic mass is 15.1. The maximum Gasteiger partial charge on any atom is 0.133 e. The molecule has 3 rings (SSSR count). The zero-order valence-corrected chi connectivity index (χ0v) is 11.7. The Labute approximate surface area is 118 Å². The number of rotatable bonds is 4. The summed E-state index contributed by atoms with van der Waals surface area (Å²) in [4.78, 5) is 9.16. The second kappa shape index (κ2) is 6.00. The molecule has 0 saturated carbocycles. The van der Waals surface area contributed by atoms with Crippen molar-refractivity contribution in [3.05, 3.63) is 35.0 Å². The van der Waals surface area contributed by atoms with Crippen LogP contribution in [0.1, 0.15) is 22.6 Å². The molecule has 0 saturated heterocycles. The third-order valence-electron chi connectivity index (χ3n) is 3.56. The molecule has 6 nitrogen and oxygen atoms in total. The highest BCUT2D eigenvalue weighted by Gasteiger charge is 2.15. The van der Waals surface area contributed by atoms with Gasteiger partial charge in [-0.1, -0.05) is 0 Å². The molecule has 6 heteroatoms. The molecule has 2 aromatic rings. The lowest BCUT2D eigenvalue weighted by Gasteiger charge is -2.13. The van der Waals surface area contributed by atoms with Gasteiger partial charge in [-0.15, -0.1) is 0 Å². The molecule has 2 aromatic heterocycles. The first-order valence-corrected chi connectivity index (χ1v) is 7.11. The predicted molar refractivity (Wildman–Crippen MR) is 77.8 cm³/mol. The van der Waals surface area contributed by atoms with E-state index in [-0.39, 0.29) is 0 Å². The zero-order valence-electron chi connectivity index (χ0n) is 11.7. The topological polar surface area (TPSA) is 78.5 Å². The van der Waals surface area contributed by atoms with Crippen LogP contribution in [-0.4, -0.2) is 39.8 Å². The van der Waals surface area contributed by atoms with Crippen LogP contribution in [0, 0.1) is 6.92 Å². The fourth-order valence-electron chi connectivity index (χ4n) is 2.55. The molecule has 1 aliphatic rings. The standard InChI is InChI=1S/C14H20N6/c1-10-19-13-4-6-15-5-3-12(13)14(20-10)16-7-2-11-8-17-18-9-11/h8-9,15H,2-7H2,1H3,(H,17,18)(H,16,19,20). The van der Waals surface area contributed by atoms with Gasteiger partial charge in [0, 0.05) is 31.3 Å². The third-order valence-corrected chi connectivity index (χ3v) is 3.56. The van der Waals surface area contributed by atoms with Crippen molar-refractivity contribution in [3.63, 3.8) is 0 Å². The van der Waals surface area contributed by atoms with Crippen LogP contribution in [0.4, 0.5) is 5.82 Å². The van der Waals surface area contributed by atoms with Crippen molar-refractivity contribution in [2.45, 2.75) is 26.2 Å². The molecular formula is C14H20N6. The van der Waals surface area contributed by atoms with Crippen LogP contribution >= 0.6 is 0 Å². The summed E-state index contributed by atoms with van der Waals surface area (Å²) < 4.78 is 0. The molecule has 0 unspecified atom stereocenters. The van der Waals surface area contributed by atoms with Crippen LogP contribution in [0.25, 0.3) is 0 Å². The Balaban J connectivity index is 1.73. The molecule has 0 aliphatic carbocycles. The minimum atomic E-state index is 0.844. The van der Waals surface area contributed by atoms with Crippen molar-refractivity contribution in [3.8, 4) is 0 Å². The first-order valence-electron chi connectivity index (χ1n) is 7.11. The average molecular weight is 272 g/mol. The van der Waals surface area contributed by atoms with Gasteiger partial charge in [0.25, 0.3) is 0 Å². The highest BCUT2D eigenvalue weighted by Crippen LogP contribution is 2.19. The maximum absolute atomic E-state index is 4.59. The Kier molecular flexibility index (Phi) is 3.92. The largest absolute Gasteiger partial charge is 0.369 e. The van der Waals surface area contributed by atoms with E-state index in [0.717, 1.165) is 50.5 Å². The highest BCUT2D eigenvalue weighted by molar-refractivity contribution is 5.47. The van der Waals surface area contributed by atoms with Crippen molar-refractivity contribution >= 4 is 5.82 Å². The van der Waals surface area contributed by atoms with E-state index in [9.17, 15) is 0 Å². The Hall–Kier alpha value is -1.95. The SMILES string of the molecule is Cc1nc2c(c(NCCc3cn[nH]c3)n1)CCNCC2. The van der Waals surface area contributed by atoms with E-state index >= 15 is 0 Å². The van der Waals surface area contributed by atoms with Gasteiger partial charge >= 0.3 is 0 Å². The quantitative estimate of drug-likeness (QED) is 0.769. The lowest BCUT2D eigenvalue weighted by atomic mass is 10.1. The van der Waals surface area contributed by atoms with Gasteiger partial charge in [-0.05, 0) is 31.9 Å². The minimum Gasteiger partial charge on any atom is -0.369 e. The number of fused-ring (bicyclic) bond motifs is 1. The average Bonchev–Trinajstić information content (AvgIpc) is 2.83. The zero-order chi connectivity index (χ0) is 13.8. The molecule has 0 amide bonds. The number of H-pyrrole nitrogens is 1. The van der Waals surface area contributed by atoms with Crippen molar-refractivity contribution in [1.82, 2.24) is 25.5 Å². The number of nitrogens with zero attached hydrogens (tertiary/aromatic N) is 3. The Morgan fingerprint density at radius 1 is 1.25 bits per heavy atom. The number of hydrogen-bond donors (Lipinski definition) is 3. The first-order chi connectivity index (χ1) is 9.83.